The second kappa shape index (κ2) is 19.0. The standard InChI is InChI=1S/C2H6O.Ca.O/c1-2-3;;/h3H,2H2,1H3;;/q;+2;-2. The van der Waals surface area contributed by atoms with E-state index in [9.17, 15) is 0 Å². The number of hydrogen-bond donors (Lipinski definition) is 1. The summed E-state index contributed by atoms with van der Waals surface area (Å²) in [4.78, 5) is 0. The van der Waals surface area contributed by atoms with Gasteiger partial charge in [0, 0.05) is 6.61 Å². The van der Waals surface area contributed by atoms with E-state index in [2.05, 4.69) is 0 Å². The van der Waals surface area contributed by atoms with Gasteiger partial charge in [-0.25, -0.2) is 0 Å². The van der Waals surface area contributed by atoms with E-state index < -0.39 is 0 Å². The Morgan fingerprint density at radius 3 is 1.60 bits per heavy atom. The Bertz CT molecular complexity index is 7.61. The fraction of sp³-hybridized carbons (Fsp3) is 1.00. The molecular weight excluding hydrogens is 96.1 g/mol. The molecule has 0 rings (SSSR count). The number of hydrogen-bond acceptors (Lipinski definition) is 1. The van der Waals surface area contributed by atoms with E-state index in [0.29, 0.717) is 0 Å². The van der Waals surface area contributed by atoms with Crippen molar-refractivity contribution in [2.75, 3.05) is 6.61 Å². The van der Waals surface area contributed by atoms with Crippen LogP contribution in [0.25, 0.3) is 0 Å². The first-order chi connectivity index (χ1) is 1.41. The van der Waals surface area contributed by atoms with Crippen molar-refractivity contribution in [3.05, 3.63) is 0 Å². The molecule has 0 aromatic carbocycles. The predicted molar refractivity (Wildman–Crippen MR) is 19.2 cm³/mol. The van der Waals surface area contributed by atoms with Crippen molar-refractivity contribution in [3.8, 4) is 0 Å². The Labute approximate surface area is 61.5 Å². The molecule has 0 radical (unpaired) electrons. The maximum Gasteiger partial charge on any atom is 2.00 e. The van der Waals surface area contributed by atoms with Crippen molar-refractivity contribution < 1.29 is 10.6 Å². The molecule has 0 saturated carbocycles. The van der Waals surface area contributed by atoms with E-state index in [1.54, 1.807) is 6.92 Å². The van der Waals surface area contributed by atoms with Gasteiger partial charge in [0.1, 0.15) is 0 Å². The molecule has 5 heavy (non-hydrogen) atoms. The molecule has 0 amide bonds. The fourth-order valence-corrected chi connectivity index (χ4v) is 0. The summed E-state index contributed by atoms with van der Waals surface area (Å²) in [5.41, 5.74) is 0. The third kappa shape index (κ3) is 37.6. The third-order valence-corrected chi connectivity index (χ3v) is 0. The molecule has 0 bridgehead atoms. The molecule has 0 aliphatic heterocycles. The molecule has 2 nitrogen and oxygen atoms in total. The van der Waals surface area contributed by atoms with Crippen LogP contribution < -0.4 is 0 Å². The minimum absolute atomic E-state index is 0. The summed E-state index contributed by atoms with van der Waals surface area (Å²) in [6, 6.07) is 0. The molecule has 0 aromatic rings. The van der Waals surface area contributed by atoms with E-state index in [1.165, 1.54) is 0 Å². The van der Waals surface area contributed by atoms with Crippen molar-refractivity contribution >= 4 is 37.7 Å². The Hall–Kier alpha value is 1.18. The van der Waals surface area contributed by atoms with Crippen molar-refractivity contribution in [1.82, 2.24) is 0 Å². The number of aliphatic hydroxyl groups excluding tert-OH is 1. The van der Waals surface area contributed by atoms with Crippen LogP contribution in [0.1, 0.15) is 6.92 Å². The van der Waals surface area contributed by atoms with Crippen LogP contribution in [0, 0.1) is 0 Å². The van der Waals surface area contributed by atoms with Crippen LogP contribution in [0.5, 0.6) is 0 Å². The van der Waals surface area contributed by atoms with Crippen LogP contribution in [-0.4, -0.2) is 49.5 Å². The summed E-state index contributed by atoms with van der Waals surface area (Å²) >= 11 is 0. The number of aliphatic hydroxyl groups is 1. The van der Waals surface area contributed by atoms with E-state index >= 15 is 0 Å². The van der Waals surface area contributed by atoms with Gasteiger partial charge in [0.25, 0.3) is 0 Å². The summed E-state index contributed by atoms with van der Waals surface area (Å²) < 4.78 is 0. The fourth-order valence-electron chi connectivity index (χ4n) is 0. The smallest absolute Gasteiger partial charge is 2.00 e. The van der Waals surface area contributed by atoms with Gasteiger partial charge < -0.3 is 10.6 Å². The molecule has 0 aliphatic carbocycles. The minimum atomic E-state index is 0. The zero-order chi connectivity index (χ0) is 2.71. The van der Waals surface area contributed by atoms with E-state index in [-0.39, 0.29) is 49.8 Å². The molecule has 1 N–H and O–H groups in total. The summed E-state index contributed by atoms with van der Waals surface area (Å²) in [5, 5.41) is 7.57. The van der Waals surface area contributed by atoms with Gasteiger partial charge in [-0.1, -0.05) is 0 Å². The van der Waals surface area contributed by atoms with Crippen molar-refractivity contribution in [1.29, 1.82) is 0 Å². The van der Waals surface area contributed by atoms with Gasteiger partial charge in [-0.05, 0) is 6.92 Å². The first-order valence-electron chi connectivity index (χ1n) is 1.02. The van der Waals surface area contributed by atoms with Crippen molar-refractivity contribution in [2.24, 2.45) is 0 Å². The predicted octanol–water partition coefficient (Wildman–Crippen LogP) is -0.501. The third-order valence-electron chi connectivity index (χ3n) is 0. The van der Waals surface area contributed by atoms with Crippen LogP contribution in [0.15, 0.2) is 0 Å². The molecule has 0 spiro atoms. The topological polar surface area (TPSA) is 48.7 Å². The molecule has 0 unspecified atom stereocenters. The van der Waals surface area contributed by atoms with Gasteiger partial charge in [0.2, 0.25) is 0 Å². The summed E-state index contributed by atoms with van der Waals surface area (Å²) in [7, 11) is 0. The van der Waals surface area contributed by atoms with E-state index in [4.69, 9.17) is 5.11 Å². The second-order valence-corrected chi connectivity index (χ2v) is 0.316. The van der Waals surface area contributed by atoms with Crippen LogP contribution in [0.4, 0.5) is 0 Å². The Morgan fingerprint density at radius 2 is 1.60 bits per heavy atom. The summed E-state index contributed by atoms with van der Waals surface area (Å²) in [5.74, 6) is 0. The van der Waals surface area contributed by atoms with E-state index in [0.717, 1.165) is 0 Å². The van der Waals surface area contributed by atoms with Crippen LogP contribution in [0.2, 0.25) is 0 Å². The molecule has 3 heteroatoms. The van der Waals surface area contributed by atoms with Gasteiger partial charge in [-0.3, -0.25) is 0 Å². The minimum Gasteiger partial charge on any atom is -2.00 e. The maximum absolute atomic E-state index is 7.57. The molecule has 0 atom stereocenters. The monoisotopic (exact) mass is 102 g/mol. The Kier molecular flexibility index (Phi) is 62.5. The number of rotatable bonds is 0. The van der Waals surface area contributed by atoms with Gasteiger partial charge in [0.15, 0.2) is 0 Å². The zero-order valence-corrected chi connectivity index (χ0v) is 5.48. The largest absolute Gasteiger partial charge is 2.00 e. The SMILES string of the molecule is CCO.[Ca+2].[O-2]. The first-order valence-corrected chi connectivity index (χ1v) is 1.02. The molecule has 28 valence electrons. The molecule has 0 aliphatic rings. The molecule has 0 heterocycles. The molecular formula is C2H6CaO2. The summed E-state index contributed by atoms with van der Waals surface area (Å²) in [6.45, 7) is 1.93. The average molecular weight is 102 g/mol. The normalized spacial score (nSPS) is 3.60. The van der Waals surface area contributed by atoms with Gasteiger partial charge in [0.05, 0.1) is 0 Å². The summed E-state index contributed by atoms with van der Waals surface area (Å²) in [6.07, 6.45) is 0. The maximum atomic E-state index is 7.57. The van der Waals surface area contributed by atoms with Crippen LogP contribution >= 0.6 is 0 Å². The first kappa shape index (κ1) is 16.4. The van der Waals surface area contributed by atoms with Gasteiger partial charge >= 0.3 is 37.7 Å². The Balaban J connectivity index is -0.0000000200. The Morgan fingerprint density at radius 1 is 1.60 bits per heavy atom. The van der Waals surface area contributed by atoms with Crippen LogP contribution in [-0.2, 0) is 5.48 Å². The van der Waals surface area contributed by atoms with Gasteiger partial charge in [-0.15, -0.1) is 0 Å². The second-order valence-electron chi connectivity index (χ2n) is 0.316. The quantitative estimate of drug-likeness (QED) is 0.412. The van der Waals surface area contributed by atoms with Crippen LogP contribution in [0.3, 0.4) is 0 Å². The molecule has 0 fully saturated rings. The van der Waals surface area contributed by atoms with Crippen molar-refractivity contribution in [2.45, 2.75) is 6.92 Å². The molecule has 0 saturated heterocycles. The molecule has 0 aromatic heterocycles. The zero-order valence-electron chi connectivity index (χ0n) is 3.27. The average Bonchev–Trinajstić information content (AvgIpc) is 0.918. The van der Waals surface area contributed by atoms with Crippen molar-refractivity contribution in [3.63, 3.8) is 0 Å². The van der Waals surface area contributed by atoms with Gasteiger partial charge in [-0.2, -0.15) is 0 Å². The van der Waals surface area contributed by atoms with E-state index in [1.807, 2.05) is 0 Å².